The van der Waals surface area contributed by atoms with Gasteiger partial charge in [-0.25, -0.2) is 9.59 Å². The second-order valence-corrected chi connectivity index (χ2v) is 9.70. The Morgan fingerprint density at radius 1 is 0.909 bits per heavy atom. The number of hydrogen-bond donors (Lipinski definition) is 2. The number of allylic oxidation sites excluding steroid dienone is 2. The van der Waals surface area contributed by atoms with Crippen LogP contribution >= 0.6 is 0 Å². The highest BCUT2D eigenvalue weighted by atomic mass is 16.5. The number of ether oxygens (including phenoxy) is 1. The van der Waals surface area contributed by atoms with E-state index in [2.05, 4.69) is 13.8 Å². The Hall–Kier alpha value is -1.62. The van der Waals surface area contributed by atoms with Crippen LogP contribution in [0.25, 0.3) is 0 Å². The van der Waals surface area contributed by atoms with Gasteiger partial charge in [-0.3, -0.25) is 0 Å². The first kappa shape index (κ1) is 29.4. The van der Waals surface area contributed by atoms with Crippen molar-refractivity contribution < 1.29 is 24.5 Å². The van der Waals surface area contributed by atoms with Gasteiger partial charge in [0, 0.05) is 11.5 Å². The molecule has 0 aromatic heterocycles. The number of unbranched alkanes of at least 4 members (excludes halogenated alkanes) is 12. The normalized spacial score (nSPS) is 21.0. The van der Waals surface area contributed by atoms with Gasteiger partial charge in [0.25, 0.3) is 0 Å². The Morgan fingerprint density at radius 3 is 1.97 bits per heavy atom. The van der Waals surface area contributed by atoms with Gasteiger partial charge in [0.1, 0.15) is 0 Å². The monoisotopic (exact) mass is 464 g/mol. The second-order valence-electron chi connectivity index (χ2n) is 9.70. The lowest BCUT2D eigenvalue weighted by molar-refractivity contribution is -0.159. The minimum atomic E-state index is -2.06. The van der Waals surface area contributed by atoms with Gasteiger partial charge in [0.2, 0.25) is 0 Å². The molecule has 1 aliphatic carbocycles. The van der Waals surface area contributed by atoms with Crippen LogP contribution in [0.4, 0.5) is 0 Å². The molecular weight excluding hydrogens is 416 g/mol. The van der Waals surface area contributed by atoms with Gasteiger partial charge in [-0.2, -0.15) is 0 Å². The third-order valence-electron chi connectivity index (χ3n) is 6.73. The first-order valence-electron chi connectivity index (χ1n) is 13.4. The van der Waals surface area contributed by atoms with E-state index in [4.69, 9.17) is 4.74 Å². The smallest absolute Gasteiger partial charge is 0.340 e. The lowest BCUT2D eigenvalue weighted by atomic mass is 9.75. The molecule has 1 rings (SSSR count). The molecule has 0 fully saturated rings. The van der Waals surface area contributed by atoms with Crippen molar-refractivity contribution in [3.8, 4) is 0 Å². The van der Waals surface area contributed by atoms with Gasteiger partial charge in [0.15, 0.2) is 5.60 Å². The number of carbonyl (C=O) groups is 2. The van der Waals surface area contributed by atoms with E-state index in [1.54, 1.807) is 6.08 Å². The maximum Gasteiger partial charge on any atom is 0.340 e. The van der Waals surface area contributed by atoms with Gasteiger partial charge >= 0.3 is 11.9 Å². The van der Waals surface area contributed by atoms with Crippen molar-refractivity contribution in [1.29, 1.82) is 0 Å². The van der Waals surface area contributed by atoms with Crippen LogP contribution in [-0.2, 0) is 14.3 Å². The SMILES string of the molecule is CCCCCCCCCCCCC1C(C(=O)OC(C)CCCCCC)=CC=CC1(O)C(=O)O. The highest BCUT2D eigenvalue weighted by molar-refractivity contribution is 5.93. The Morgan fingerprint density at radius 2 is 1.42 bits per heavy atom. The summed E-state index contributed by atoms with van der Waals surface area (Å²) in [6.07, 6.45) is 21.6. The number of rotatable bonds is 19. The van der Waals surface area contributed by atoms with E-state index in [0.29, 0.717) is 6.42 Å². The topological polar surface area (TPSA) is 83.8 Å². The van der Waals surface area contributed by atoms with E-state index >= 15 is 0 Å². The molecule has 3 atom stereocenters. The molecule has 0 aromatic rings. The van der Waals surface area contributed by atoms with Crippen LogP contribution in [0.1, 0.15) is 124 Å². The summed E-state index contributed by atoms with van der Waals surface area (Å²) < 4.78 is 5.63. The van der Waals surface area contributed by atoms with Crippen LogP contribution < -0.4 is 0 Å². The number of esters is 1. The van der Waals surface area contributed by atoms with E-state index in [1.807, 2.05) is 6.92 Å². The van der Waals surface area contributed by atoms with Crippen molar-refractivity contribution in [2.24, 2.45) is 5.92 Å². The van der Waals surface area contributed by atoms with Crippen molar-refractivity contribution in [2.75, 3.05) is 0 Å². The molecule has 0 spiro atoms. The van der Waals surface area contributed by atoms with Gasteiger partial charge in [-0.1, -0.05) is 109 Å². The van der Waals surface area contributed by atoms with Crippen molar-refractivity contribution >= 4 is 11.9 Å². The number of aliphatic carboxylic acids is 1. The molecular formula is C28H48O5. The van der Waals surface area contributed by atoms with E-state index in [0.717, 1.165) is 44.9 Å². The van der Waals surface area contributed by atoms with Crippen molar-refractivity contribution in [3.05, 3.63) is 23.8 Å². The van der Waals surface area contributed by atoms with Crippen LogP contribution in [0.5, 0.6) is 0 Å². The van der Waals surface area contributed by atoms with Gasteiger partial charge in [0.05, 0.1) is 6.10 Å². The Bertz CT molecular complexity index is 624. The summed E-state index contributed by atoms with van der Waals surface area (Å²) in [6.45, 7) is 6.26. The fourth-order valence-electron chi connectivity index (χ4n) is 4.58. The predicted molar refractivity (Wildman–Crippen MR) is 134 cm³/mol. The molecule has 0 amide bonds. The average Bonchev–Trinajstić information content (AvgIpc) is 2.78. The predicted octanol–water partition coefficient (Wildman–Crippen LogP) is 7.13. The maximum atomic E-state index is 12.9. The summed E-state index contributed by atoms with van der Waals surface area (Å²) >= 11 is 0. The Kier molecular flexibility index (Phi) is 15.1. The zero-order chi connectivity index (χ0) is 24.5. The van der Waals surface area contributed by atoms with Crippen molar-refractivity contribution in [2.45, 2.75) is 135 Å². The summed E-state index contributed by atoms with van der Waals surface area (Å²) in [7, 11) is 0. The molecule has 1 aliphatic rings. The summed E-state index contributed by atoms with van der Waals surface area (Å²) in [5, 5.41) is 20.6. The molecule has 5 heteroatoms. The molecule has 3 unspecified atom stereocenters. The fraction of sp³-hybridized carbons (Fsp3) is 0.786. The molecule has 0 bridgehead atoms. The maximum absolute atomic E-state index is 12.9. The zero-order valence-electron chi connectivity index (χ0n) is 21.3. The summed E-state index contributed by atoms with van der Waals surface area (Å²) in [6, 6.07) is 0. The molecule has 5 nitrogen and oxygen atoms in total. The highest BCUT2D eigenvalue weighted by Gasteiger charge is 2.46. The lowest BCUT2D eigenvalue weighted by Gasteiger charge is -2.33. The van der Waals surface area contributed by atoms with Crippen LogP contribution in [-0.4, -0.2) is 33.9 Å². The highest BCUT2D eigenvalue weighted by Crippen LogP contribution is 2.36. The molecule has 0 aliphatic heterocycles. The average molecular weight is 465 g/mol. The van der Waals surface area contributed by atoms with Gasteiger partial charge in [-0.05, 0) is 32.3 Å². The van der Waals surface area contributed by atoms with Crippen LogP contribution in [0.3, 0.4) is 0 Å². The minimum Gasteiger partial charge on any atom is -0.479 e. The third-order valence-corrected chi connectivity index (χ3v) is 6.73. The van der Waals surface area contributed by atoms with Crippen LogP contribution in [0.15, 0.2) is 23.8 Å². The van der Waals surface area contributed by atoms with E-state index < -0.39 is 23.5 Å². The number of carbonyl (C=O) groups excluding carboxylic acids is 1. The molecule has 190 valence electrons. The van der Waals surface area contributed by atoms with Gasteiger partial charge < -0.3 is 14.9 Å². The number of hydrogen-bond acceptors (Lipinski definition) is 4. The first-order chi connectivity index (χ1) is 15.9. The minimum absolute atomic E-state index is 0.225. The summed E-state index contributed by atoms with van der Waals surface area (Å²) in [4.78, 5) is 24.8. The summed E-state index contributed by atoms with van der Waals surface area (Å²) in [5.74, 6) is -2.60. The van der Waals surface area contributed by atoms with E-state index in [9.17, 15) is 19.8 Å². The number of carboxylic acids is 1. The van der Waals surface area contributed by atoms with Crippen molar-refractivity contribution in [3.63, 3.8) is 0 Å². The lowest BCUT2D eigenvalue weighted by Crippen LogP contribution is -2.47. The van der Waals surface area contributed by atoms with E-state index in [1.165, 1.54) is 63.5 Å². The molecule has 33 heavy (non-hydrogen) atoms. The van der Waals surface area contributed by atoms with Gasteiger partial charge in [-0.15, -0.1) is 0 Å². The molecule has 0 aromatic carbocycles. The number of carboxylic acid groups (broad SMARTS) is 1. The van der Waals surface area contributed by atoms with Crippen LogP contribution in [0.2, 0.25) is 0 Å². The molecule has 2 N–H and O–H groups in total. The van der Waals surface area contributed by atoms with Crippen molar-refractivity contribution in [1.82, 2.24) is 0 Å². The molecule has 0 saturated carbocycles. The molecule has 0 radical (unpaired) electrons. The quantitative estimate of drug-likeness (QED) is 0.157. The fourth-order valence-corrected chi connectivity index (χ4v) is 4.58. The number of aliphatic hydroxyl groups is 1. The summed E-state index contributed by atoms with van der Waals surface area (Å²) in [5.41, 5.74) is -1.79. The standard InChI is InChI=1S/C28H48O5/c1-4-6-8-10-11-12-13-14-15-17-21-25-24(20-18-22-28(25,32)27(30)31)26(29)33-23(3)19-16-9-7-5-2/h18,20,22-23,25,32H,4-17,19,21H2,1-3H3,(H,30,31). The molecule has 0 saturated heterocycles. The Balaban J connectivity index is 2.55. The Labute approximate surface area is 201 Å². The van der Waals surface area contributed by atoms with Crippen LogP contribution in [0, 0.1) is 5.92 Å². The largest absolute Gasteiger partial charge is 0.479 e. The molecule has 0 heterocycles. The second kappa shape index (κ2) is 16.9. The third kappa shape index (κ3) is 10.9. The first-order valence-corrected chi connectivity index (χ1v) is 13.4. The zero-order valence-corrected chi connectivity index (χ0v) is 21.3. The van der Waals surface area contributed by atoms with E-state index in [-0.39, 0.29) is 11.7 Å².